The van der Waals surface area contributed by atoms with E-state index in [0.717, 1.165) is 5.56 Å². The van der Waals surface area contributed by atoms with E-state index in [1.54, 1.807) is 38.1 Å². The van der Waals surface area contributed by atoms with Crippen LogP contribution in [0.25, 0.3) is 0 Å². The molecule has 0 saturated carbocycles. The minimum absolute atomic E-state index is 0.0217. The number of hydrogen-bond acceptors (Lipinski definition) is 9. The van der Waals surface area contributed by atoms with Gasteiger partial charge in [0.05, 0.1) is 36.2 Å². The molecule has 1 heterocycles. The van der Waals surface area contributed by atoms with Crippen molar-refractivity contribution >= 4 is 23.4 Å². The number of methoxy groups -OCH3 is 2. The fourth-order valence-electron chi connectivity index (χ4n) is 4.25. The van der Waals surface area contributed by atoms with Crippen molar-refractivity contribution in [3.63, 3.8) is 0 Å². The van der Waals surface area contributed by atoms with Crippen molar-refractivity contribution < 1.29 is 33.9 Å². The van der Waals surface area contributed by atoms with Gasteiger partial charge in [0.1, 0.15) is 5.75 Å². The summed E-state index contributed by atoms with van der Waals surface area (Å²) >= 11 is 0. The molecule has 2 aromatic carbocycles. The third-order valence-electron chi connectivity index (χ3n) is 6.23. The van der Waals surface area contributed by atoms with Gasteiger partial charge in [-0.05, 0) is 64.8 Å². The Bertz CT molecular complexity index is 1380. The van der Waals surface area contributed by atoms with Crippen LogP contribution in [0.5, 0.6) is 5.75 Å². The van der Waals surface area contributed by atoms with E-state index in [9.17, 15) is 29.6 Å². The highest BCUT2D eigenvalue weighted by molar-refractivity contribution is 6.00. The van der Waals surface area contributed by atoms with Gasteiger partial charge in [-0.3, -0.25) is 14.9 Å². The van der Waals surface area contributed by atoms with Gasteiger partial charge >= 0.3 is 11.9 Å². The van der Waals surface area contributed by atoms with E-state index in [4.69, 9.17) is 9.47 Å². The zero-order chi connectivity index (χ0) is 30.1. The lowest BCUT2D eigenvalue weighted by Crippen LogP contribution is -2.32. The van der Waals surface area contributed by atoms with Crippen molar-refractivity contribution in [3.05, 3.63) is 103 Å². The number of esters is 2. The highest BCUT2D eigenvalue weighted by Crippen LogP contribution is 2.42. The van der Waals surface area contributed by atoms with Crippen molar-refractivity contribution in [2.45, 2.75) is 47.0 Å². The number of nitrogens with one attached hydrogen (secondary N) is 1. The number of ether oxygens (including phenoxy) is 2. The molecule has 0 spiro atoms. The molecule has 0 saturated heterocycles. The standard InChI is InChI=1S/C17H18N2O6.C13H16O2/c1-9-13(16(20)24-3)15(14(10(2)18-9)17(21)25-4)11-7-5-6-8-12(11)19(22)23;1-9(2)4-5-12-8-11(10(3)14)6-7-13(12)15/h5-8,15,18H,1-4H3;4,6-8,15H,5H2,1-3H3. The molecule has 2 N–H and O–H groups in total. The van der Waals surface area contributed by atoms with Crippen LogP contribution in [-0.2, 0) is 25.5 Å². The van der Waals surface area contributed by atoms with E-state index in [1.165, 1.54) is 44.9 Å². The Morgan fingerprint density at radius 3 is 2.00 bits per heavy atom. The summed E-state index contributed by atoms with van der Waals surface area (Å²) in [7, 11) is 2.42. The smallest absolute Gasteiger partial charge is 0.336 e. The SMILES string of the molecule is CC(=O)c1ccc(O)c(CC=C(C)C)c1.COC(=O)C1=C(C)NC(C)=C(C(=O)OC)C1c1ccccc1[N+](=O)[O-]. The van der Waals surface area contributed by atoms with Gasteiger partial charge in [0, 0.05) is 28.6 Å². The van der Waals surface area contributed by atoms with Crippen LogP contribution in [0.3, 0.4) is 0 Å². The van der Waals surface area contributed by atoms with E-state index >= 15 is 0 Å². The first-order valence-electron chi connectivity index (χ1n) is 12.4. The fraction of sp³-hybridized carbons (Fsp3) is 0.300. The normalized spacial score (nSPS) is 13.0. The lowest BCUT2D eigenvalue weighted by molar-refractivity contribution is -0.385. The summed E-state index contributed by atoms with van der Waals surface area (Å²) < 4.78 is 9.66. The lowest BCUT2D eigenvalue weighted by Gasteiger charge is -2.29. The summed E-state index contributed by atoms with van der Waals surface area (Å²) in [6.45, 7) is 8.83. The Morgan fingerprint density at radius 1 is 0.975 bits per heavy atom. The summed E-state index contributed by atoms with van der Waals surface area (Å²) in [5.41, 5.74) is 3.83. The van der Waals surface area contributed by atoms with Crippen LogP contribution in [0.1, 0.15) is 62.0 Å². The Morgan fingerprint density at radius 2 is 1.52 bits per heavy atom. The number of aromatic hydroxyl groups is 1. The average Bonchev–Trinajstić information content (AvgIpc) is 2.91. The largest absolute Gasteiger partial charge is 0.508 e. The van der Waals surface area contributed by atoms with Crippen molar-refractivity contribution in [1.29, 1.82) is 0 Å². The first kappa shape index (κ1) is 31.5. The second-order valence-corrected chi connectivity index (χ2v) is 9.32. The molecule has 0 atom stereocenters. The molecule has 1 aliphatic heterocycles. The fourth-order valence-corrected chi connectivity index (χ4v) is 4.25. The molecule has 0 radical (unpaired) electrons. The third kappa shape index (κ3) is 7.43. The summed E-state index contributed by atoms with van der Waals surface area (Å²) in [5.74, 6) is -2.06. The van der Waals surface area contributed by atoms with Gasteiger partial charge in [0.15, 0.2) is 5.78 Å². The Balaban J connectivity index is 0.000000319. The minimum Gasteiger partial charge on any atom is -0.508 e. The van der Waals surface area contributed by atoms with Crippen molar-refractivity contribution in [3.8, 4) is 5.75 Å². The van der Waals surface area contributed by atoms with Crippen LogP contribution < -0.4 is 5.32 Å². The maximum absolute atomic E-state index is 12.3. The number of ketones is 1. The zero-order valence-electron chi connectivity index (χ0n) is 23.7. The van der Waals surface area contributed by atoms with Gasteiger partial charge in [-0.1, -0.05) is 29.8 Å². The Hall–Kier alpha value is -4.73. The van der Waals surface area contributed by atoms with Crippen molar-refractivity contribution in [2.75, 3.05) is 14.2 Å². The number of carbonyl (C=O) groups is 3. The second-order valence-electron chi connectivity index (χ2n) is 9.32. The number of carbonyl (C=O) groups excluding carboxylic acids is 3. The first-order valence-corrected chi connectivity index (χ1v) is 12.4. The van der Waals surface area contributed by atoms with Crippen LogP contribution in [0, 0.1) is 10.1 Å². The molecule has 0 aliphatic carbocycles. The quantitative estimate of drug-likeness (QED) is 0.155. The summed E-state index contributed by atoms with van der Waals surface area (Å²) in [6, 6.07) is 10.9. The van der Waals surface area contributed by atoms with E-state index in [0.29, 0.717) is 23.4 Å². The highest BCUT2D eigenvalue weighted by Gasteiger charge is 2.40. The number of Topliss-reactive ketones (excluding diaryl/α,β-unsaturated/α-hetero) is 1. The number of para-hydroxylation sites is 1. The topological polar surface area (TPSA) is 145 Å². The molecule has 0 aromatic heterocycles. The van der Waals surface area contributed by atoms with Gasteiger partial charge in [-0.15, -0.1) is 0 Å². The zero-order valence-corrected chi connectivity index (χ0v) is 23.7. The Kier molecular flexibility index (Phi) is 10.9. The number of nitrogens with zero attached hydrogens (tertiary/aromatic N) is 1. The van der Waals surface area contributed by atoms with Gasteiger partial charge in [0.2, 0.25) is 0 Å². The van der Waals surface area contributed by atoms with Gasteiger partial charge in [-0.25, -0.2) is 9.59 Å². The van der Waals surface area contributed by atoms with E-state index in [2.05, 4.69) is 5.32 Å². The number of rotatable bonds is 7. The van der Waals surface area contributed by atoms with E-state index in [1.807, 2.05) is 19.9 Å². The van der Waals surface area contributed by atoms with Crippen LogP contribution in [0.4, 0.5) is 5.69 Å². The average molecular weight is 551 g/mol. The molecule has 10 heteroatoms. The van der Waals surface area contributed by atoms with Crippen LogP contribution in [-0.4, -0.2) is 42.0 Å². The summed E-state index contributed by atoms with van der Waals surface area (Å²) in [6.07, 6.45) is 2.69. The molecule has 1 aliphatic rings. The predicted octanol–water partition coefficient (Wildman–Crippen LogP) is 5.28. The van der Waals surface area contributed by atoms with Crippen molar-refractivity contribution in [1.82, 2.24) is 5.32 Å². The van der Waals surface area contributed by atoms with Gasteiger partial charge in [-0.2, -0.15) is 0 Å². The molecule has 10 nitrogen and oxygen atoms in total. The predicted molar refractivity (Wildman–Crippen MR) is 150 cm³/mol. The molecule has 40 heavy (non-hydrogen) atoms. The number of benzene rings is 2. The highest BCUT2D eigenvalue weighted by atomic mass is 16.6. The Labute approximate surface area is 233 Å². The summed E-state index contributed by atoms with van der Waals surface area (Å²) in [4.78, 5) is 46.7. The maximum Gasteiger partial charge on any atom is 0.336 e. The van der Waals surface area contributed by atoms with Gasteiger partial charge < -0.3 is 19.9 Å². The van der Waals surface area contributed by atoms with Crippen molar-refractivity contribution in [2.24, 2.45) is 0 Å². The number of nitro benzene ring substituents is 1. The molecule has 0 unspecified atom stereocenters. The molecule has 212 valence electrons. The summed E-state index contributed by atoms with van der Waals surface area (Å²) in [5, 5.41) is 24.0. The second kappa shape index (κ2) is 13.9. The first-order chi connectivity index (χ1) is 18.8. The number of phenolic OH excluding ortho intramolecular Hbond substituents is 1. The third-order valence-corrected chi connectivity index (χ3v) is 6.23. The van der Waals surface area contributed by atoms with Crippen LogP contribution >= 0.6 is 0 Å². The molecule has 2 aromatic rings. The van der Waals surface area contributed by atoms with Crippen LogP contribution in [0.2, 0.25) is 0 Å². The van der Waals surface area contributed by atoms with E-state index in [-0.39, 0.29) is 33.9 Å². The minimum atomic E-state index is -0.970. The molecule has 0 amide bonds. The molecule has 3 rings (SSSR count). The maximum atomic E-state index is 12.3. The number of allylic oxidation sites excluding steroid dienone is 4. The lowest BCUT2D eigenvalue weighted by atomic mass is 9.79. The van der Waals surface area contributed by atoms with Gasteiger partial charge in [0.25, 0.3) is 5.69 Å². The molecule has 0 bridgehead atoms. The number of nitro groups is 1. The molecule has 0 fully saturated rings. The number of hydrogen-bond donors (Lipinski definition) is 2. The van der Waals surface area contributed by atoms with E-state index < -0.39 is 22.8 Å². The molecular formula is C30H34N2O8. The number of dihydropyridines is 1. The molecular weight excluding hydrogens is 516 g/mol. The monoisotopic (exact) mass is 550 g/mol. The number of phenols is 1. The van der Waals surface area contributed by atoms with Crippen LogP contribution in [0.15, 0.2) is 76.7 Å².